The van der Waals surface area contributed by atoms with Crippen molar-refractivity contribution in [2.75, 3.05) is 23.9 Å². The molecule has 0 bridgehead atoms. The van der Waals surface area contributed by atoms with Gasteiger partial charge in [-0.3, -0.25) is 9.59 Å². The lowest BCUT2D eigenvalue weighted by Crippen LogP contribution is -2.13. The van der Waals surface area contributed by atoms with Gasteiger partial charge in [0.15, 0.2) is 11.5 Å². The summed E-state index contributed by atoms with van der Waals surface area (Å²) in [5.74, 6) is -0.815. The third kappa shape index (κ3) is 8.72. The Hall–Kier alpha value is -7.71. The molecular formula is C43H34ClN9O5. The van der Waals surface area contributed by atoms with Crippen LogP contribution < -0.4 is 21.5 Å². The van der Waals surface area contributed by atoms with Crippen molar-refractivity contribution < 1.29 is 24.5 Å². The molecule has 0 aliphatic carbocycles. The normalized spacial score (nSPS) is 10.8. The third-order valence-electron chi connectivity index (χ3n) is 8.79. The number of phenols is 1. The van der Waals surface area contributed by atoms with Gasteiger partial charge in [0, 0.05) is 34.4 Å². The summed E-state index contributed by atoms with van der Waals surface area (Å²) in [6.45, 7) is 0. The second-order valence-electron chi connectivity index (χ2n) is 12.7. The number of ether oxygens (including phenoxy) is 1. The van der Waals surface area contributed by atoms with E-state index in [2.05, 4.69) is 25.3 Å². The molecule has 4 aromatic carbocycles. The summed E-state index contributed by atoms with van der Waals surface area (Å²) in [5.41, 5.74) is 20.9. The molecule has 7 N–H and O–H groups in total. The van der Waals surface area contributed by atoms with Crippen LogP contribution >= 0.6 is 11.6 Å². The Morgan fingerprint density at radius 3 is 1.66 bits per heavy atom. The van der Waals surface area contributed by atoms with Gasteiger partial charge in [-0.05, 0) is 48.5 Å². The van der Waals surface area contributed by atoms with Crippen LogP contribution in [0.2, 0.25) is 5.02 Å². The lowest BCUT2D eigenvalue weighted by atomic mass is 10.1. The Kier molecular flexibility index (Phi) is 11.3. The van der Waals surface area contributed by atoms with Crippen LogP contribution in [0.4, 0.5) is 17.6 Å². The van der Waals surface area contributed by atoms with E-state index in [1.807, 2.05) is 97.1 Å². The van der Waals surface area contributed by atoms with E-state index < -0.39 is 5.97 Å². The summed E-state index contributed by atoms with van der Waals surface area (Å²) in [6.07, 6.45) is -0.282. The molecule has 4 aromatic heterocycles. The lowest BCUT2D eigenvalue weighted by molar-refractivity contribution is -0.138. The number of benzene rings is 4. The highest BCUT2D eigenvalue weighted by Crippen LogP contribution is 2.39. The van der Waals surface area contributed by atoms with Crippen LogP contribution in [0.3, 0.4) is 0 Å². The summed E-state index contributed by atoms with van der Waals surface area (Å²) in [4.78, 5) is 49.2. The molecule has 14 nitrogen and oxygen atoms in total. The maximum absolute atomic E-state index is 11.8. The standard InChI is InChI=1S/C23H19N5O3.C20H15ClN4O2/c24-23-27-18-11-10-17(26-22(18)21(28-23)15-4-2-1-3-5-15)14-6-8-16(9-7-14)25-19(29)12-13-20(30)31;1-27-16-10-12(9-13(21)19(16)26)14-7-8-15-18(23-14)17(25-20(22)24-15)11-5-3-2-4-6-11/h1-11H,12-13H2,(H,25,29)(H,30,31)(H2,24,27,28);2-10,26H,1H3,(H2,22,24,25). The Morgan fingerprint density at radius 1 is 0.638 bits per heavy atom. The van der Waals surface area contributed by atoms with E-state index in [0.29, 0.717) is 50.4 Å². The van der Waals surface area contributed by atoms with E-state index in [-0.39, 0.29) is 47.2 Å². The average molecular weight is 792 g/mol. The Balaban J connectivity index is 0.000000178. The van der Waals surface area contributed by atoms with Crippen LogP contribution in [-0.2, 0) is 9.59 Å². The van der Waals surface area contributed by atoms with Crippen molar-refractivity contribution in [3.63, 3.8) is 0 Å². The van der Waals surface area contributed by atoms with Crippen molar-refractivity contribution in [1.82, 2.24) is 29.9 Å². The highest BCUT2D eigenvalue weighted by Gasteiger charge is 2.16. The van der Waals surface area contributed by atoms with Gasteiger partial charge in [0.1, 0.15) is 22.4 Å². The maximum Gasteiger partial charge on any atom is 0.303 e. The first-order valence-corrected chi connectivity index (χ1v) is 18.1. The molecule has 4 heterocycles. The van der Waals surface area contributed by atoms with Gasteiger partial charge in [-0.1, -0.05) is 84.4 Å². The third-order valence-corrected chi connectivity index (χ3v) is 9.08. The molecule has 0 fully saturated rings. The summed E-state index contributed by atoms with van der Waals surface area (Å²) < 4.78 is 5.18. The predicted molar refractivity (Wildman–Crippen MR) is 224 cm³/mol. The van der Waals surface area contributed by atoms with E-state index in [9.17, 15) is 14.7 Å². The number of carboxylic acid groups (broad SMARTS) is 1. The number of hydrogen-bond donors (Lipinski definition) is 5. The molecule has 288 valence electrons. The maximum atomic E-state index is 11.8. The minimum absolute atomic E-state index is 0.0747. The number of nitrogens with zero attached hydrogens (tertiary/aromatic N) is 6. The lowest BCUT2D eigenvalue weighted by Gasteiger charge is -2.11. The number of carboxylic acids is 1. The quantitative estimate of drug-likeness (QED) is 0.0934. The first-order chi connectivity index (χ1) is 28.1. The second-order valence-corrected chi connectivity index (χ2v) is 13.2. The smallest absolute Gasteiger partial charge is 0.303 e. The number of aliphatic carboxylic acids is 1. The zero-order valence-corrected chi connectivity index (χ0v) is 31.6. The monoisotopic (exact) mass is 791 g/mol. The first-order valence-electron chi connectivity index (χ1n) is 17.7. The average Bonchev–Trinajstić information content (AvgIpc) is 3.24. The Bertz CT molecular complexity index is 2790. The Morgan fingerprint density at radius 2 is 1.16 bits per heavy atom. The zero-order chi connectivity index (χ0) is 40.8. The van der Waals surface area contributed by atoms with Crippen molar-refractivity contribution in [1.29, 1.82) is 0 Å². The van der Waals surface area contributed by atoms with Crippen molar-refractivity contribution in [3.05, 3.63) is 126 Å². The molecule has 8 rings (SSSR count). The second kappa shape index (κ2) is 17.0. The number of halogens is 1. The van der Waals surface area contributed by atoms with E-state index in [0.717, 1.165) is 22.4 Å². The molecule has 0 spiro atoms. The largest absolute Gasteiger partial charge is 0.503 e. The number of rotatable bonds is 9. The number of nitrogen functional groups attached to an aromatic ring is 2. The van der Waals surface area contributed by atoms with Crippen LogP contribution in [-0.4, -0.2) is 59.1 Å². The molecule has 1 amide bonds. The summed E-state index contributed by atoms with van der Waals surface area (Å²) in [7, 11) is 1.47. The molecule has 0 unspecified atom stereocenters. The highest BCUT2D eigenvalue weighted by atomic mass is 35.5. The molecule has 0 aliphatic rings. The van der Waals surface area contributed by atoms with Gasteiger partial charge in [-0.25, -0.2) is 29.9 Å². The number of carbonyl (C=O) groups excluding carboxylic acids is 1. The summed E-state index contributed by atoms with van der Waals surface area (Å²) in [6, 6.07) is 37.1. The van der Waals surface area contributed by atoms with Gasteiger partial charge in [-0.15, -0.1) is 0 Å². The molecule has 8 aromatic rings. The number of nitrogens with one attached hydrogen (secondary N) is 1. The number of hydrogen-bond acceptors (Lipinski definition) is 12. The van der Waals surface area contributed by atoms with Crippen LogP contribution in [0.25, 0.3) is 67.1 Å². The minimum atomic E-state index is -1.01. The van der Waals surface area contributed by atoms with E-state index in [4.69, 9.17) is 42.9 Å². The van der Waals surface area contributed by atoms with Crippen LogP contribution in [0.15, 0.2) is 121 Å². The topological polar surface area (TPSA) is 225 Å². The van der Waals surface area contributed by atoms with Gasteiger partial charge in [-0.2, -0.15) is 0 Å². The van der Waals surface area contributed by atoms with Crippen LogP contribution in [0.1, 0.15) is 12.8 Å². The summed E-state index contributed by atoms with van der Waals surface area (Å²) >= 11 is 6.11. The first kappa shape index (κ1) is 38.6. The molecule has 0 saturated carbocycles. The number of amides is 1. The predicted octanol–water partition coefficient (Wildman–Crippen LogP) is 8.05. The van der Waals surface area contributed by atoms with E-state index in [1.54, 1.807) is 24.3 Å². The summed E-state index contributed by atoms with van der Waals surface area (Å²) in [5, 5.41) is 21.5. The van der Waals surface area contributed by atoms with Crippen molar-refractivity contribution in [2.45, 2.75) is 12.8 Å². The fourth-order valence-corrected chi connectivity index (χ4v) is 6.24. The van der Waals surface area contributed by atoms with Crippen LogP contribution in [0.5, 0.6) is 11.5 Å². The van der Waals surface area contributed by atoms with Gasteiger partial charge in [0.05, 0.1) is 41.0 Å². The van der Waals surface area contributed by atoms with E-state index >= 15 is 0 Å². The highest BCUT2D eigenvalue weighted by molar-refractivity contribution is 6.32. The van der Waals surface area contributed by atoms with Crippen molar-refractivity contribution >= 4 is 63.1 Å². The Labute approximate surface area is 336 Å². The van der Waals surface area contributed by atoms with Gasteiger partial charge in [0.2, 0.25) is 17.8 Å². The fourth-order valence-electron chi connectivity index (χ4n) is 6.03. The van der Waals surface area contributed by atoms with E-state index in [1.165, 1.54) is 7.11 Å². The molecule has 15 heteroatoms. The fraction of sp³-hybridized carbons (Fsp3) is 0.0698. The number of phenolic OH excluding ortho intramolecular Hbond substituents is 1. The number of nitrogens with two attached hydrogens (primary N) is 2. The number of anilines is 3. The number of carbonyl (C=O) groups is 2. The molecular weight excluding hydrogens is 758 g/mol. The number of aromatic hydroxyl groups is 1. The van der Waals surface area contributed by atoms with Gasteiger partial charge < -0.3 is 31.7 Å². The number of pyridine rings is 2. The molecule has 0 atom stereocenters. The van der Waals surface area contributed by atoms with Crippen LogP contribution in [0, 0.1) is 0 Å². The van der Waals surface area contributed by atoms with Gasteiger partial charge in [0.25, 0.3) is 0 Å². The molecule has 58 heavy (non-hydrogen) atoms. The minimum Gasteiger partial charge on any atom is -0.503 e. The molecule has 0 saturated heterocycles. The number of methoxy groups -OCH3 is 1. The SMILES string of the molecule is COc1cc(-c2ccc3nc(N)nc(-c4ccccc4)c3n2)cc(Cl)c1O.Nc1nc(-c2ccccc2)c2nc(-c3ccc(NC(=O)CCC(=O)O)cc3)ccc2n1. The van der Waals surface area contributed by atoms with Crippen molar-refractivity contribution in [3.8, 4) is 56.5 Å². The number of fused-ring (bicyclic) bond motifs is 2. The zero-order valence-electron chi connectivity index (χ0n) is 30.8. The molecule has 0 aliphatic heterocycles. The number of aromatic nitrogens is 6. The van der Waals surface area contributed by atoms with Crippen molar-refractivity contribution in [2.24, 2.45) is 0 Å². The molecule has 0 radical (unpaired) electrons. The van der Waals surface area contributed by atoms with Gasteiger partial charge >= 0.3 is 5.97 Å².